The number of hydrogen-bond acceptors (Lipinski definition) is 0. The van der Waals surface area contributed by atoms with Crippen molar-refractivity contribution in [1.82, 2.24) is 0 Å². The van der Waals surface area contributed by atoms with Gasteiger partial charge < -0.3 is 0 Å². The maximum atomic E-state index is 5.15. The van der Waals surface area contributed by atoms with Gasteiger partial charge in [0.05, 0.1) is 0 Å². The van der Waals surface area contributed by atoms with Crippen LogP contribution >= 0.6 is 11.6 Å². The molecule has 0 rings (SSSR count). The fraction of sp³-hybridized carbons (Fsp3) is 0.200. The number of allylic oxidation sites excluding steroid dienone is 4. The van der Waals surface area contributed by atoms with Crippen molar-refractivity contribution in [1.29, 1.82) is 0 Å². The lowest BCUT2D eigenvalue weighted by molar-refractivity contribution is 1.39. The van der Waals surface area contributed by atoms with Gasteiger partial charge in [-0.25, -0.2) is 0 Å². The molecule has 0 aromatic heterocycles. The molecule has 0 aromatic rings. The quantitative estimate of drug-likeness (QED) is 0.549. The summed E-state index contributed by atoms with van der Waals surface area (Å²) >= 11 is 5.15. The van der Waals surface area contributed by atoms with Crippen LogP contribution in [0.3, 0.4) is 0 Å². The average Bonchev–Trinajstić information content (AvgIpc) is 1.89. The second kappa shape index (κ2) is 7.36. The van der Waals surface area contributed by atoms with Crippen molar-refractivity contribution >= 4 is 11.6 Å². The van der Waals surface area contributed by atoms with E-state index in [4.69, 9.17) is 11.6 Å². The molecule has 0 aromatic carbocycles. The molecule has 0 fully saturated rings. The van der Waals surface area contributed by atoms with E-state index in [-0.39, 0.29) is 0 Å². The Hall–Kier alpha value is -0.750. The van der Waals surface area contributed by atoms with Crippen LogP contribution in [0.5, 0.6) is 0 Å². The molecule has 0 radical (unpaired) electrons. The lowest BCUT2D eigenvalue weighted by Gasteiger charge is -1.88. The van der Waals surface area contributed by atoms with Crippen LogP contribution in [-0.2, 0) is 0 Å². The molecule has 0 aliphatic heterocycles. The zero-order chi connectivity index (χ0) is 9.44. The van der Waals surface area contributed by atoms with Gasteiger partial charge in [0.25, 0.3) is 0 Å². The fourth-order valence-corrected chi connectivity index (χ4v) is 0. The predicted molar refractivity (Wildman–Crippen MR) is 54.8 cm³/mol. The van der Waals surface area contributed by atoms with E-state index >= 15 is 0 Å². The number of halogens is 1. The van der Waals surface area contributed by atoms with Crippen molar-refractivity contribution in [3.8, 4) is 0 Å². The molecule has 0 nitrogen and oxygen atoms in total. The van der Waals surface area contributed by atoms with E-state index in [9.17, 15) is 0 Å². The van der Waals surface area contributed by atoms with E-state index in [1.54, 1.807) is 0 Å². The Morgan fingerprint density at radius 3 is 1.27 bits per heavy atom. The monoisotopic (exact) mass is 170 g/mol. The van der Waals surface area contributed by atoms with Crippen LogP contribution in [0.15, 0.2) is 48.6 Å². The first kappa shape index (κ1) is 12.9. The standard InChI is InChI=1S/C6H10.C4H5Cl/c1-5(2)6(3)4;1-3-4(2)5/h1,3H2,2,4H3;3H,1-2H2. The SMILES string of the molecule is C=C(C)C(=C)C.C=CC(=C)Cl. The molecule has 0 unspecified atom stereocenters. The smallest absolute Gasteiger partial charge is 0.0328 e. The van der Waals surface area contributed by atoms with Crippen molar-refractivity contribution < 1.29 is 0 Å². The van der Waals surface area contributed by atoms with Gasteiger partial charge in [-0.1, -0.05) is 55.1 Å². The number of rotatable bonds is 2. The van der Waals surface area contributed by atoms with Gasteiger partial charge in [-0.2, -0.15) is 0 Å². The van der Waals surface area contributed by atoms with E-state index in [1.165, 1.54) is 6.08 Å². The highest BCUT2D eigenvalue weighted by molar-refractivity contribution is 6.30. The highest BCUT2D eigenvalue weighted by Crippen LogP contribution is 1.98. The molecule has 0 amide bonds. The van der Waals surface area contributed by atoms with E-state index in [1.807, 2.05) is 13.8 Å². The molecular formula is C10H15Cl. The Bertz CT molecular complexity index is 163. The minimum atomic E-state index is 0.491. The molecule has 0 saturated carbocycles. The molecule has 11 heavy (non-hydrogen) atoms. The highest BCUT2D eigenvalue weighted by Gasteiger charge is 1.77. The summed E-state index contributed by atoms with van der Waals surface area (Å²) in [5.74, 6) is 0. The second-order valence-corrected chi connectivity index (χ2v) is 2.70. The lowest BCUT2D eigenvalue weighted by Crippen LogP contribution is -1.67. The van der Waals surface area contributed by atoms with Crippen LogP contribution in [0.2, 0.25) is 0 Å². The lowest BCUT2D eigenvalue weighted by atomic mass is 10.2. The van der Waals surface area contributed by atoms with Gasteiger partial charge in [0.2, 0.25) is 0 Å². The van der Waals surface area contributed by atoms with Gasteiger partial charge in [0.15, 0.2) is 0 Å². The highest BCUT2D eigenvalue weighted by atomic mass is 35.5. The van der Waals surface area contributed by atoms with Crippen LogP contribution in [0, 0.1) is 0 Å². The van der Waals surface area contributed by atoms with Crippen LogP contribution in [-0.4, -0.2) is 0 Å². The van der Waals surface area contributed by atoms with Gasteiger partial charge in [-0.3, -0.25) is 0 Å². The van der Waals surface area contributed by atoms with Gasteiger partial charge in [-0.15, -0.1) is 0 Å². The van der Waals surface area contributed by atoms with E-state index in [0.717, 1.165) is 11.1 Å². The van der Waals surface area contributed by atoms with Crippen LogP contribution in [0.4, 0.5) is 0 Å². The van der Waals surface area contributed by atoms with Crippen molar-refractivity contribution in [3.05, 3.63) is 48.6 Å². The third kappa shape index (κ3) is 17.6. The number of hydrogen-bond donors (Lipinski definition) is 0. The molecular weight excluding hydrogens is 156 g/mol. The van der Waals surface area contributed by atoms with Gasteiger partial charge in [-0.05, 0) is 13.8 Å². The fourth-order valence-electron chi connectivity index (χ4n) is 0. The van der Waals surface area contributed by atoms with Crippen molar-refractivity contribution in [3.63, 3.8) is 0 Å². The van der Waals surface area contributed by atoms with Crippen molar-refractivity contribution in [2.24, 2.45) is 0 Å². The zero-order valence-corrected chi connectivity index (χ0v) is 8.04. The topological polar surface area (TPSA) is 0 Å². The molecule has 0 aliphatic rings. The van der Waals surface area contributed by atoms with Crippen molar-refractivity contribution in [2.45, 2.75) is 13.8 Å². The zero-order valence-electron chi connectivity index (χ0n) is 7.28. The molecule has 0 bridgehead atoms. The molecule has 0 spiro atoms. The molecule has 62 valence electrons. The molecule has 0 aliphatic carbocycles. The molecule has 0 atom stereocenters. The largest absolute Gasteiger partial charge is 0.0976 e. The molecule has 0 heterocycles. The molecule has 1 heteroatoms. The van der Waals surface area contributed by atoms with Crippen LogP contribution in [0.25, 0.3) is 0 Å². The van der Waals surface area contributed by atoms with Crippen molar-refractivity contribution in [2.75, 3.05) is 0 Å². The first-order chi connectivity index (χ1) is 4.91. The van der Waals surface area contributed by atoms with E-state index in [2.05, 4.69) is 26.3 Å². The maximum absolute atomic E-state index is 5.15. The summed E-state index contributed by atoms with van der Waals surface area (Å²) in [6, 6.07) is 0. The Morgan fingerprint density at radius 2 is 1.27 bits per heavy atom. The van der Waals surface area contributed by atoms with Gasteiger partial charge in [0, 0.05) is 5.03 Å². The summed E-state index contributed by atoms with van der Waals surface area (Å²) < 4.78 is 0. The minimum Gasteiger partial charge on any atom is -0.0976 e. The average molecular weight is 171 g/mol. The summed E-state index contributed by atoms with van der Waals surface area (Å²) in [5.41, 5.74) is 2.13. The maximum Gasteiger partial charge on any atom is 0.0328 e. The third-order valence-electron chi connectivity index (χ3n) is 0.950. The summed E-state index contributed by atoms with van der Waals surface area (Å²) in [4.78, 5) is 0. The summed E-state index contributed by atoms with van der Waals surface area (Å²) in [6.45, 7) is 17.9. The van der Waals surface area contributed by atoms with Gasteiger partial charge in [0.1, 0.15) is 0 Å². The van der Waals surface area contributed by atoms with Gasteiger partial charge >= 0.3 is 0 Å². The summed E-state index contributed by atoms with van der Waals surface area (Å²) in [7, 11) is 0. The Labute approximate surface area is 74.6 Å². The molecule has 0 N–H and O–H groups in total. The Kier molecular flexibility index (Phi) is 8.62. The first-order valence-corrected chi connectivity index (χ1v) is 3.57. The normalized spacial score (nSPS) is 7.18. The minimum absolute atomic E-state index is 0.491. The van der Waals surface area contributed by atoms with E-state index < -0.39 is 0 Å². The van der Waals surface area contributed by atoms with Crippen LogP contribution in [0.1, 0.15) is 13.8 Å². The third-order valence-corrected chi connectivity index (χ3v) is 1.10. The van der Waals surface area contributed by atoms with Crippen LogP contribution < -0.4 is 0 Å². The second-order valence-electron chi connectivity index (χ2n) is 2.21. The molecule has 0 saturated heterocycles. The Morgan fingerprint density at radius 1 is 1.09 bits per heavy atom. The first-order valence-electron chi connectivity index (χ1n) is 3.20. The Balaban J connectivity index is 0. The summed E-state index contributed by atoms with van der Waals surface area (Å²) in [6.07, 6.45) is 1.49. The predicted octanol–water partition coefficient (Wildman–Crippen LogP) is 4.06. The van der Waals surface area contributed by atoms with E-state index in [0.29, 0.717) is 5.03 Å². The summed E-state index contributed by atoms with van der Waals surface area (Å²) in [5, 5.41) is 0.491.